The second-order valence-electron chi connectivity index (χ2n) is 6.71. The largest absolute Gasteiger partial charge is 0.312 e. The summed E-state index contributed by atoms with van der Waals surface area (Å²) in [6.45, 7) is 2.85. The average molecular weight is 405 g/mol. The van der Waals surface area contributed by atoms with Gasteiger partial charge in [-0.25, -0.2) is 8.42 Å². The van der Waals surface area contributed by atoms with Crippen LogP contribution < -0.4 is 4.90 Å². The zero-order valence-electron chi connectivity index (χ0n) is 15.8. The Morgan fingerprint density at radius 1 is 1.15 bits per heavy atom. The van der Waals surface area contributed by atoms with E-state index < -0.39 is 10.0 Å². The van der Waals surface area contributed by atoms with E-state index in [4.69, 9.17) is 0 Å². The zero-order chi connectivity index (χ0) is 19.6. The number of hydrogen-bond donors (Lipinski definition) is 0. The van der Waals surface area contributed by atoms with Crippen LogP contribution in [0.25, 0.3) is 0 Å². The first-order chi connectivity index (χ1) is 12.8. The lowest BCUT2D eigenvalue weighted by Crippen LogP contribution is -2.27. The number of benzene rings is 2. The summed E-state index contributed by atoms with van der Waals surface area (Å²) in [4.78, 5) is 15.1. The molecule has 0 aromatic heterocycles. The minimum atomic E-state index is -3.60. The van der Waals surface area contributed by atoms with Crippen LogP contribution >= 0.6 is 11.8 Å². The van der Waals surface area contributed by atoms with Gasteiger partial charge in [-0.3, -0.25) is 4.79 Å². The van der Waals surface area contributed by atoms with Gasteiger partial charge in [-0.2, -0.15) is 4.31 Å². The third-order valence-corrected chi connectivity index (χ3v) is 7.35. The lowest BCUT2D eigenvalue weighted by molar-refractivity contribution is -0.117. The van der Waals surface area contributed by atoms with Crippen LogP contribution in [-0.4, -0.2) is 38.5 Å². The molecule has 0 radical (unpaired) electrons. The summed E-state index contributed by atoms with van der Waals surface area (Å²) >= 11 is 1.65. The lowest BCUT2D eigenvalue weighted by Gasteiger charge is -2.21. The Bertz CT molecular complexity index is 940. The summed E-state index contributed by atoms with van der Waals surface area (Å²) in [7, 11) is -2.02. The molecular weight excluding hydrogens is 380 g/mol. The van der Waals surface area contributed by atoms with E-state index in [9.17, 15) is 13.2 Å². The topological polar surface area (TPSA) is 57.7 Å². The van der Waals surface area contributed by atoms with Crippen molar-refractivity contribution in [1.82, 2.24) is 4.31 Å². The van der Waals surface area contributed by atoms with Crippen LogP contribution in [-0.2, 0) is 21.4 Å². The van der Waals surface area contributed by atoms with Gasteiger partial charge in [0.2, 0.25) is 15.9 Å². The maximum absolute atomic E-state index is 13.0. The van der Waals surface area contributed by atoms with Crippen molar-refractivity contribution in [2.24, 2.45) is 0 Å². The van der Waals surface area contributed by atoms with Crippen molar-refractivity contribution in [1.29, 1.82) is 0 Å². The molecule has 1 aliphatic heterocycles. The fraction of sp³-hybridized carbons (Fsp3) is 0.350. The number of sulfonamides is 1. The van der Waals surface area contributed by atoms with E-state index in [1.54, 1.807) is 41.9 Å². The number of hydrogen-bond acceptors (Lipinski definition) is 4. The number of anilines is 1. The Morgan fingerprint density at radius 3 is 2.41 bits per heavy atom. The Hall–Kier alpha value is -1.83. The van der Waals surface area contributed by atoms with Gasteiger partial charge in [0.15, 0.2) is 0 Å². The second-order valence-corrected chi connectivity index (χ2v) is 9.63. The first-order valence-electron chi connectivity index (χ1n) is 8.83. The third-order valence-electron chi connectivity index (χ3n) is 4.80. The lowest BCUT2D eigenvalue weighted by atomic mass is 10.2. The first kappa shape index (κ1) is 19.9. The Labute approximate surface area is 165 Å². The summed E-state index contributed by atoms with van der Waals surface area (Å²) in [5, 5.41) is 0. The summed E-state index contributed by atoms with van der Waals surface area (Å²) in [5.41, 5.74) is 2.53. The molecule has 7 heteroatoms. The predicted octanol–water partition coefficient (Wildman–Crippen LogP) is 3.66. The molecule has 0 atom stereocenters. The molecule has 3 rings (SSSR count). The van der Waals surface area contributed by atoms with Crippen molar-refractivity contribution in [3.05, 3.63) is 53.6 Å². The van der Waals surface area contributed by atoms with E-state index in [-0.39, 0.29) is 10.8 Å². The zero-order valence-corrected chi connectivity index (χ0v) is 17.4. The van der Waals surface area contributed by atoms with Gasteiger partial charge in [0, 0.05) is 37.1 Å². The van der Waals surface area contributed by atoms with Gasteiger partial charge < -0.3 is 4.90 Å². The predicted molar refractivity (Wildman–Crippen MR) is 110 cm³/mol. The number of nitrogens with zero attached hydrogens (tertiary/aromatic N) is 2. The van der Waals surface area contributed by atoms with E-state index in [0.29, 0.717) is 19.5 Å². The van der Waals surface area contributed by atoms with Crippen LogP contribution in [0.15, 0.2) is 52.3 Å². The number of thioether (sulfide) groups is 1. The van der Waals surface area contributed by atoms with Gasteiger partial charge in [0.25, 0.3) is 0 Å². The van der Waals surface area contributed by atoms with Crippen molar-refractivity contribution >= 4 is 33.4 Å². The highest BCUT2D eigenvalue weighted by Gasteiger charge is 2.26. The molecule has 1 aliphatic rings. The highest BCUT2D eigenvalue weighted by atomic mass is 32.2. The van der Waals surface area contributed by atoms with Crippen LogP contribution in [0, 0.1) is 6.92 Å². The summed E-state index contributed by atoms with van der Waals surface area (Å²) in [5.74, 6) is 0.0968. The number of carbonyl (C=O) groups is 1. The van der Waals surface area contributed by atoms with E-state index in [0.717, 1.165) is 28.1 Å². The van der Waals surface area contributed by atoms with Gasteiger partial charge in [0.1, 0.15) is 0 Å². The highest BCUT2D eigenvalue weighted by Crippen LogP contribution is 2.28. The molecule has 0 unspecified atom stereocenters. The first-order valence-corrected chi connectivity index (χ1v) is 11.5. The molecule has 27 heavy (non-hydrogen) atoms. The fourth-order valence-electron chi connectivity index (χ4n) is 3.25. The van der Waals surface area contributed by atoms with Gasteiger partial charge in [-0.15, -0.1) is 11.8 Å². The van der Waals surface area contributed by atoms with Crippen molar-refractivity contribution in [3.63, 3.8) is 0 Å². The summed E-state index contributed by atoms with van der Waals surface area (Å²) < 4.78 is 27.3. The second kappa shape index (κ2) is 8.04. The number of rotatable bonds is 6. The van der Waals surface area contributed by atoms with Crippen LogP contribution in [0.4, 0.5) is 5.69 Å². The molecule has 0 bridgehead atoms. The minimum Gasteiger partial charge on any atom is -0.312 e. The molecule has 1 amide bonds. The number of amides is 1. The van der Waals surface area contributed by atoms with Crippen LogP contribution in [0.1, 0.15) is 24.0 Å². The maximum atomic E-state index is 13.0. The minimum absolute atomic E-state index is 0.0968. The van der Waals surface area contributed by atoms with Crippen molar-refractivity contribution in [2.75, 3.05) is 24.7 Å². The van der Waals surface area contributed by atoms with E-state index in [1.807, 2.05) is 37.4 Å². The molecule has 0 spiro atoms. The van der Waals surface area contributed by atoms with Crippen molar-refractivity contribution in [2.45, 2.75) is 36.1 Å². The average Bonchev–Trinajstić information content (AvgIpc) is 3.08. The highest BCUT2D eigenvalue weighted by molar-refractivity contribution is 7.98. The molecule has 1 saturated heterocycles. The van der Waals surface area contributed by atoms with Crippen LogP contribution in [0.5, 0.6) is 0 Å². The molecule has 1 heterocycles. The smallest absolute Gasteiger partial charge is 0.243 e. The van der Waals surface area contributed by atoms with Gasteiger partial charge in [-0.1, -0.05) is 12.1 Å². The Morgan fingerprint density at radius 2 is 1.85 bits per heavy atom. The van der Waals surface area contributed by atoms with E-state index in [2.05, 4.69) is 0 Å². The van der Waals surface area contributed by atoms with Gasteiger partial charge >= 0.3 is 0 Å². The maximum Gasteiger partial charge on any atom is 0.243 e. The molecule has 0 saturated carbocycles. The third kappa shape index (κ3) is 4.20. The van der Waals surface area contributed by atoms with Crippen molar-refractivity contribution in [3.8, 4) is 0 Å². The molecule has 1 fully saturated rings. The molecule has 5 nitrogen and oxygen atoms in total. The molecule has 0 N–H and O–H groups in total. The summed E-state index contributed by atoms with van der Waals surface area (Å²) in [6.07, 6.45) is 3.40. The van der Waals surface area contributed by atoms with Gasteiger partial charge in [0.05, 0.1) is 4.90 Å². The molecule has 2 aromatic rings. The van der Waals surface area contributed by atoms with E-state index in [1.165, 1.54) is 4.31 Å². The molecule has 2 aromatic carbocycles. The van der Waals surface area contributed by atoms with Crippen molar-refractivity contribution < 1.29 is 13.2 Å². The monoisotopic (exact) mass is 404 g/mol. The van der Waals surface area contributed by atoms with Crippen LogP contribution in [0.3, 0.4) is 0 Å². The summed E-state index contributed by atoms with van der Waals surface area (Å²) in [6, 6.07) is 12.9. The quantitative estimate of drug-likeness (QED) is 0.690. The van der Waals surface area contributed by atoms with E-state index >= 15 is 0 Å². The van der Waals surface area contributed by atoms with Crippen LogP contribution in [0.2, 0.25) is 0 Å². The standard InChI is InChI=1S/C20H24N2O3S2/c1-15-13-18(10-11-19(15)22-12-4-5-20(22)23)27(24,25)21(2)14-16-6-8-17(26-3)9-7-16/h6-11,13H,4-5,12,14H2,1-3H3. The Balaban J connectivity index is 1.80. The van der Waals surface area contributed by atoms with Gasteiger partial charge in [-0.05, 0) is 61.1 Å². The molecule has 144 valence electrons. The normalized spacial score (nSPS) is 15.0. The number of carbonyl (C=O) groups excluding carboxylic acids is 1. The molecule has 0 aliphatic carbocycles. The molecular formula is C20H24N2O3S2. The Kier molecular flexibility index (Phi) is 5.93. The SMILES string of the molecule is CSc1ccc(CN(C)S(=O)(=O)c2ccc(N3CCCC3=O)c(C)c2)cc1. The fourth-order valence-corrected chi connectivity index (χ4v) is 4.90. The number of aryl methyl sites for hydroxylation is 1.